The number of alkyl carbamates (subject to hydrolysis) is 1. The van der Waals surface area contributed by atoms with Crippen molar-refractivity contribution in [1.29, 1.82) is 0 Å². The molecule has 1 atom stereocenters. The normalized spacial score (nSPS) is 17.5. The molecule has 1 saturated heterocycles. The first-order chi connectivity index (χ1) is 10.4. The van der Waals surface area contributed by atoms with E-state index < -0.39 is 12.1 Å². The molecule has 1 aliphatic rings. The molecule has 0 aromatic rings. The molecule has 0 bridgehead atoms. The number of nitrogens with one attached hydrogen (secondary N) is 2. The first-order valence-electron chi connectivity index (χ1n) is 7.55. The van der Waals surface area contributed by atoms with Crippen LogP contribution in [0.3, 0.4) is 0 Å². The maximum absolute atomic E-state index is 12.2. The average Bonchev–Trinajstić information content (AvgIpc) is 2.47. The number of carbonyl (C=O) groups excluding carboxylic acids is 2. The molecule has 0 radical (unpaired) electrons. The minimum absolute atomic E-state index is 0.123. The lowest BCUT2D eigenvalue weighted by atomic mass is 10.1. The lowest BCUT2D eigenvalue weighted by molar-refractivity contribution is -0.123. The molecule has 1 rings (SSSR count). The van der Waals surface area contributed by atoms with Gasteiger partial charge in [-0.15, -0.1) is 0 Å². The third-order valence-electron chi connectivity index (χ3n) is 3.40. The van der Waals surface area contributed by atoms with E-state index in [9.17, 15) is 9.59 Å². The van der Waals surface area contributed by atoms with E-state index in [2.05, 4.69) is 39.8 Å². The molecule has 1 unspecified atom stereocenters. The van der Waals surface area contributed by atoms with Gasteiger partial charge < -0.3 is 20.3 Å². The summed E-state index contributed by atoms with van der Waals surface area (Å²) in [6.45, 7) is 6.07. The van der Waals surface area contributed by atoms with Gasteiger partial charge in [0.25, 0.3) is 0 Å². The predicted molar refractivity (Wildman–Crippen MR) is 88.9 cm³/mol. The van der Waals surface area contributed by atoms with Gasteiger partial charge in [-0.05, 0) is 56.1 Å². The van der Waals surface area contributed by atoms with Crippen LogP contribution >= 0.6 is 12.2 Å². The molecule has 124 valence electrons. The highest BCUT2D eigenvalue weighted by Crippen LogP contribution is 2.08. The van der Waals surface area contributed by atoms with Gasteiger partial charge in [-0.25, -0.2) is 4.79 Å². The fourth-order valence-corrected chi connectivity index (χ4v) is 2.24. The quantitative estimate of drug-likeness (QED) is 0.715. The highest BCUT2D eigenvalue weighted by molar-refractivity contribution is 7.78. The van der Waals surface area contributed by atoms with Crippen LogP contribution in [0.2, 0.25) is 0 Å². The van der Waals surface area contributed by atoms with E-state index in [1.54, 1.807) is 0 Å². The first kappa shape index (κ1) is 18.6. The lowest BCUT2D eigenvalue weighted by Crippen LogP contribution is -2.51. The summed E-state index contributed by atoms with van der Waals surface area (Å²) in [4.78, 5) is 26.1. The Labute approximate surface area is 137 Å². The molecular weight excluding hydrogens is 302 g/mol. The largest absolute Gasteiger partial charge is 0.449 e. The Balaban J connectivity index is 2.49. The third-order valence-corrected chi connectivity index (χ3v) is 3.54. The zero-order chi connectivity index (χ0) is 16.5. The number of ether oxygens (including phenoxy) is 1. The van der Waals surface area contributed by atoms with E-state index >= 15 is 0 Å². The molecule has 0 saturated carbocycles. The van der Waals surface area contributed by atoms with Gasteiger partial charge in [0, 0.05) is 12.1 Å². The molecule has 0 aromatic heterocycles. The number of hydrogen-bond acceptors (Lipinski definition) is 5. The van der Waals surface area contributed by atoms with Crippen molar-refractivity contribution in [2.45, 2.75) is 38.8 Å². The Kier molecular flexibility index (Phi) is 8.09. The van der Waals surface area contributed by atoms with Crippen molar-refractivity contribution >= 4 is 29.2 Å². The summed E-state index contributed by atoms with van der Waals surface area (Å²) in [7, 11) is 2.06. The Bertz CT molecular complexity index is 428. The van der Waals surface area contributed by atoms with Gasteiger partial charge in [-0.1, -0.05) is 13.8 Å². The van der Waals surface area contributed by atoms with Crippen molar-refractivity contribution in [3.05, 3.63) is 6.08 Å². The summed E-state index contributed by atoms with van der Waals surface area (Å²) in [5, 5.41) is 7.83. The van der Waals surface area contributed by atoms with Crippen LogP contribution in [0, 0.1) is 5.92 Å². The number of carbonyl (C=O) groups is 2. The first-order valence-corrected chi connectivity index (χ1v) is 7.96. The average molecular weight is 327 g/mol. The molecule has 2 amide bonds. The monoisotopic (exact) mass is 327 g/mol. The van der Waals surface area contributed by atoms with Crippen molar-refractivity contribution < 1.29 is 14.3 Å². The van der Waals surface area contributed by atoms with Gasteiger partial charge in [0.15, 0.2) is 0 Å². The summed E-state index contributed by atoms with van der Waals surface area (Å²) in [6.07, 6.45) is 2.52. The number of nitrogens with zero attached hydrogens (tertiary/aromatic N) is 1. The third kappa shape index (κ3) is 7.02. The summed E-state index contributed by atoms with van der Waals surface area (Å²) in [5.74, 6) is -0.0493. The minimum atomic E-state index is -0.850. The van der Waals surface area contributed by atoms with E-state index in [0.29, 0.717) is 6.61 Å². The summed E-state index contributed by atoms with van der Waals surface area (Å²) in [5.41, 5.74) is 0. The highest BCUT2D eigenvalue weighted by atomic mass is 32.1. The molecule has 1 aliphatic heterocycles. The number of piperidine rings is 1. The van der Waals surface area contributed by atoms with Crippen LogP contribution in [0.1, 0.15) is 26.7 Å². The van der Waals surface area contributed by atoms with E-state index in [0.717, 1.165) is 25.9 Å². The molecule has 1 fully saturated rings. The lowest BCUT2D eigenvalue weighted by Gasteiger charge is -2.30. The highest BCUT2D eigenvalue weighted by Gasteiger charge is 2.24. The number of likely N-dealkylation sites (tertiary alicyclic amines) is 1. The Morgan fingerprint density at radius 3 is 2.59 bits per heavy atom. The SMILES string of the molecule is CC(C)COC(=O)NC(C=C=S)C(=O)NC1CCN(C)CC1. The number of thiocarbonyl (C=S) groups is 1. The van der Waals surface area contributed by atoms with Gasteiger partial charge in [0.2, 0.25) is 5.91 Å². The van der Waals surface area contributed by atoms with Crippen LogP contribution in [0.25, 0.3) is 0 Å². The van der Waals surface area contributed by atoms with Crippen LogP contribution in [-0.2, 0) is 9.53 Å². The zero-order valence-corrected chi connectivity index (χ0v) is 14.2. The number of amides is 2. The van der Waals surface area contributed by atoms with E-state index in [4.69, 9.17) is 4.74 Å². The maximum atomic E-state index is 12.2. The molecule has 0 aliphatic carbocycles. The summed E-state index contributed by atoms with van der Waals surface area (Å²) < 4.78 is 5.02. The maximum Gasteiger partial charge on any atom is 0.408 e. The molecule has 7 heteroatoms. The molecule has 6 nitrogen and oxygen atoms in total. The second kappa shape index (κ2) is 9.56. The van der Waals surface area contributed by atoms with Crippen molar-refractivity contribution in [3.8, 4) is 0 Å². The standard InChI is InChI=1S/C15H25N3O3S/c1-11(2)10-21-15(20)17-13(6-9-22)14(19)16-12-4-7-18(3)8-5-12/h6,11-13H,4-5,7-8,10H2,1-3H3,(H,16,19)(H,17,20). The molecule has 0 spiro atoms. The predicted octanol–water partition coefficient (Wildman–Crippen LogP) is 1.10. The van der Waals surface area contributed by atoms with E-state index in [1.165, 1.54) is 6.08 Å². The van der Waals surface area contributed by atoms with Gasteiger partial charge in [-0.3, -0.25) is 4.79 Å². The van der Waals surface area contributed by atoms with Crippen molar-refractivity contribution in [3.63, 3.8) is 0 Å². The van der Waals surface area contributed by atoms with Crippen LogP contribution in [-0.4, -0.2) is 60.8 Å². The molecular formula is C15H25N3O3S. The summed E-state index contributed by atoms with van der Waals surface area (Å²) in [6, 6.07) is -0.727. The zero-order valence-electron chi connectivity index (χ0n) is 13.4. The Hall–Kier alpha value is -1.43. The molecule has 1 heterocycles. The van der Waals surface area contributed by atoms with Crippen LogP contribution in [0.4, 0.5) is 4.79 Å². The minimum Gasteiger partial charge on any atom is -0.449 e. The Morgan fingerprint density at radius 1 is 1.41 bits per heavy atom. The molecule has 2 N–H and O–H groups in total. The topological polar surface area (TPSA) is 70.7 Å². The van der Waals surface area contributed by atoms with Gasteiger partial charge in [0.1, 0.15) is 6.04 Å². The Morgan fingerprint density at radius 2 is 2.05 bits per heavy atom. The van der Waals surface area contributed by atoms with Crippen LogP contribution in [0.5, 0.6) is 0 Å². The smallest absolute Gasteiger partial charge is 0.408 e. The van der Waals surface area contributed by atoms with Crippen LogP contribution < -0.4 is 10.6 Å². The van der Waals surface area contributed by atoms with Crippen molar-refractivity contribution in [1.82, 2.24) is 15.5 Å². The number of hydrogen-bond donors (Lipinski definition) is 2. The van der Waals surface area contributed by atoms with Crippen molar-refractivity contribution in [2.75, 3.05) is 26.7 Å². The summed E-state index contributed by atoms with van der Waals surface area (Å²) >= 11 is 4.64. The van der Waals surface area contributed by atoms with Crippen LogP contribution in [0.15, 0.2) is 6.08 Å². The number of rotatable bonds is 6. The van der Waals surface area contributed by atoms with E-state index in [-0.39, 0.29) is 17.9 Å². The van der Waals surface area contributed by atoms with Gasteiger partial charge in [0.05, 0.1) is 6.61 Å². The van der Waals surface area contributed by atoms with E-state index in [1.807, 2.05) is 13.8 Å². The van der Waals surface area contributed by atoms with Crippen molar-refractivity contribution in [2.24, 2.45) is 5.92 Å². The van der Waals surface area contributed by atoms with Gasteiger partial charge in [-0.2, -0.15) is 0 Å². The second-order valence-corrected chi connectivity index (χ2v) is 6.22. The molecule has 22 heavy (non-hydrogen) atoms. The molecule has 0 aromatic carbocycles. The van der Waals surface area contributed by atoms with Gasteiger partial charge >= 0.3 is 6.09 Å². The fraction of sp³-hybridized carbons (Fsp3) is 0.733. The second-order valence-electron chi connectivity index (χ2n) is 5.98. The fourth-order valence-electron chi connectivity index (χ4n) is 2.11.